The van der Waals surface area contributed by atoms with Gasteiger partial charge in [-0.05, 0) is 44.9 Å². The van der Waals surface area contributed by atoms with Gasteiger partial charge in [0.2, 0.25) is 5.91 Å². The average Bonchev–Trinajstić information content (AvgIpc) is 3.17. The normalized spacial score (nSPS) is 25.4. The van der Waals surface area contributed by atoms with Crippen LogP contribution in [0.3, 0.4) is 0 Å². The van der Waals surface area contributed by atoms with Gasteiger partial charge in [-0.2, -0.15) is 0 Å². The van der Waals surface area contributed by atoms with E-state index in [1.165, 1.54) is 6.42 Å². The lowest BCUT2D eigenvalue weighted by Gasteiger charge is -2.22. The Balaban J connectivity index is 1.60. The van der Waals surface area contributed by atoms with Gasteiger partial charge < -0.3 is 15.2 Å². The molecule has 2 N–H and O–H groups in total. The lowest BCUT2D eigenvalue weighted by molar-refractivity contribution is -0.149. The number of carboxylic acids is 1. The van der Waals surface area contributed by atoms with Gasteiger partial charge in [-0.1, -0.05) is 0 Å². The van der Waals surface area contributed by atoms with E-state index in [1.54, 1.807) is 0 Å². The molecule has 1 heterocycles. The third-order valence-electron chi connectivity index (χ3n) is 3.86. The molecule has 1 atom stereocenters. The van der Waals surface area contributed by atoms with E-state index in [9.17, 15) is 9.59 Å². The van der Waals surface area contributed by atoms with Crippen LogP contribution in [-0.4, -0.2) is 36.2 Å². The van der Waals surface area contributed by atoms with Gasteiger partial charge in [0.15, 0.2) is 0 Å². The number of rotatable bonds is 6. The van der Waals surface area contributed by atoms with Gasteiger partial charge in [0, 0.05) is 13.2 Å². The van der Waals surface area contributed by atoms with E-state index in [0.29, 0.717) is 25.5 Å². The monoisotopic (exact) mass is 255 g/mol. The Morgan fingerprint density at radius 1 is 1.33 bits per heavy atom. The second-order valence-electron chi connectivity index (χ2n) is 5.27. The number of hydrogen-bond acceptors (Lipinski definition) is 3. The maximum Gasteiger partial charge on any atom is 0.319 e. The van der Waals surface area contributed by atoms with E-state index in [0.717, 1.165) is 32.3 Å². The first kappa shape index (κ1) is 13.3. The molecule has 1 amide bonds. The SMILES string of the molecule is O=C(O)C1(C(=O)NCCCC2CCCCO2)CC1. The largest absolute Gasteiger partial charge is 0.480 e. The van der Waals surface area contributed by atoms with Gasteiger partial charge >= 0.3 is 5.97 Å². The molecular formula is C13H21NO4. The van der Waals surface area contributed by atoms with Crippen LogP contribution in [-0.2, 0) is 14.3 Å². The van der Waals surface area contributed by atoms with Crippen molar-refractivity contribution in [3.05, 3.63) is 0 Å². The van der Waals surface area contributed by atoms with E-state index >= 15 is 0 Å². The third kappa shape index (κ3) is 3.02. The molecule has 2 rings (SSSR count). The van der Waals surface area contributed by atoms with E-state index < -0.39 is 11.4 Å². The van der Waals surface area contributed by atoms with Crippen LogP contribution in [0, 0.1) is 5.41 Å². The fourth-order valence-electron chi connectivity index (χ4n) is 2.40. The molecule has 0 aromatic heterocycles. The number of amides is 1. The Hall–Kier alpha value is -1.10. The highest BCUT2D eigenvalue weighted by atomic mass is 16.5. The summed E-state index contributed by atoms with van der Waals surface area (Å²) in [4.78, 5) is 22.6. The van der Waals surface area contributed by atoms with Crippen molar-refractivity contribution >= 4 is 11.9 Å². The summed E-state index contributed by atoms with van der Waals surface area (Å²) in [7, 11) is 0. The number of nitrogens with one attached hydrogen (secondary N) is 1. The van der Waals surface area contributed by atoms with Crippen LogP contribution in [0.4, 0.5) is 0 Å². The van der Waals surface area contributed by atoms with E-state index in [2.05, 4.69) is 5.32 Å². The molecule has 18 heavy (non-hydrogen) atoms. The van der Waals surface area contributed by atoms with Crippen molar-refractivity contribution < 1.29 is 19.4 Å². The Morgan fingerprint density at radius 2 is 2.11 bits per heavy atom. The first-order valence-electron chi connectivity index (χ1n) is 6.78. The first-order chi connectivity index (χ1) is 8.65. The Kier molecular flexibility index (Phi) is 4.22. The van der Waals surface area contributed by atoms with Crippen LogP contribution in [0.1, 0.15) is 44.9 Å². The second kappa shape index (κ2) is 5.69. The number of carbonyl (C=O) groups is 2. The predicted octanol–water partition coefficient (Wildman–Crippen LogP) is 1.32. The van der Waals surface area contributed by atoms with Gasteiger partial charge in [-0.25, -0.2) is 0 Å². The minimum absolute atomic E-state index is 0.320. The molecule has 2 aliphatic rings. The zero-order chi connectivity index (χ0) is 13.0. The molecule has 0 radical (unpaired) electrons. The number of hydrogen-bond donors (Lipinski definition) is 2. The maximum atomic E-state index is 11.7. The summed E-state index contributed by atoms with van der Waals surface area (Å²) in [5.41, 5.74) is -1.11. The minimum Gasteiger partial charge on any atom is -0.480 e. The quantitative estimate of drug-likeness (QED) is 0.554. The zero-order valence-electron chi connectivity index (χ0n) is 10.6. The van der Waals surface area contributed by atoms with Crippen LogP contribution >= 0.6 is 0 Å². The van der Waals surface area contributed by atoms with Gasteiger partial charge in [-0.15, -0.1) is 0 Å². The van der Waals surface area contributed by atoms with Crippen molar-refractivity contribution in [1.29, 1.82) is 0 Å². The molecule has 1 aliphatic heterocycles. The lowest BCUT2D eigenvalue weighted by atomic mass is 10.0. The van der Waals surface area contributed by atoms with Crippen LogP contribution < -0.4 is 5.32 Å². The number of carbonyl (C=O) groups excluding carboxylic acids is 1. The smallest absolute Gasteiger partial charge is 0.319 e. The molecule has 102 valence electrons. The maximum absolute atomic E-state index is 11.7. The van der Waals surface area contributed by atoms with Crippen LogP contribution in [0.2, 0.25) is 0 Å². The highest BCUT2D eigenvalue weighted by Gasteiger charge is 2.56. The topological polar surface area (TPSA) is 75.6 Å². The molecule has 2 fully saturated rings. The standard InChI is InChI=1S/C13H21NO4/c15-11(13(6-7-13)12(16)17)14-8-3-5-10-4-1-2-9-18-10/h10H,1-9H2,(H,14,15)(H,16,17). The minimum atomic E-state index is -1.11. The van der Waals surface area contributed by atoms with Crippen molar-refractivity contribution in [1.82, 2.24) is 5.32 Å². The Morgan fingerprint density at radius 3 is 2.67 bits per heavy atom. The summed E-state index contributed by atoms with van der Waals surface area (Å²) in [6, 6.07) is 0. The summed E-state index contributed by atoms with van der Waals surface area (Å²) in [5, 5.41) is 11.7. The van der Waals surface area contributed by atoms with Crippen molar-refractivity contribution in [2.24, 2.45) is 5.41 Å². The van der Waals surface area contributed by atoms with Crippen molar-refractivity contribution in [2.75, 3.05) is 13.2 Å². The molecule has 5 heteroatoms. The molecule has 0 aromatic rings. The van der Waals surface area contributed by atoms with Crippen molar-refractivity contribution in [2.45, 2.75) is 51.0 Å². The first-order valence-corrected chi connectivity index (χ1v) is 6.78. The highest BCUT2D eigenvalue weighted by molar-refractivity contribution is 6.04. The highest BCUT2D eigenvalue weighted by Crippen LogP contribution is 2.46. The predicted molar refractivity (Wildman–Crippen MR) is 65.1 cm³/mol. The summed E-state index contributed by atoms with van der Waals surface area (Å²) in [6.45, 7) is 1.40. The van der Waals surface area contributed by atoms with Crippen LogP contribution in [0.5, 0.6) is 0 Å². The third-order valence-corrected chi connectivity index (χ3v) is 3.86. The summed E-state index contributed by atoms with van der Waals surface area (Å²) in [5.74, 6) is -1.31. The molecule has 5 nitrogen and oxygen atoms in total. The molecule has 0 aromatic carbocycles. The summed E-state index contributed by atoms with van der Waals surface area (Å²) in [6.07, 6.45) is 6.54. The molecule has 1 saturated carbocycles. The van der Waals surface area contributed by atoms with Gasteiger partial charge in [0.1, 0.15) is 5.41 Å². The van der Waals surface area contributed by atoms with Gasteiger partial charge in [0.25, 0.3) is 0 Å². The van der Waals surface area contributed by atoms with Crippen molar-refractivity contribution in [3.8, 4) is 0 Å². The molecule has 0 spiro atoms. The zero-order valence-corrected chi connectivity index (χ0v) is 10.6. The van der Waals surface area contributed by atoms with Crippen LogP contribution in [0.15, 0.2) is 0 Å². The van der Waals surface area contributed by atoms with Gasteiger partial charge in [0.05, 0.1) is 6.10 Å². The van der Waals surface area contributed by atoms with Gasteiger partial charge in [-0.3, -0.25) is 9.59 Å². The van der Waals surface area contributed by atoms with Crippen LogP contribution in [0.25, 0.3) is 0 Å². The fourth-order valence-corrected chi connectivity index (χ4v) is 2.40. The molecule has 1 saturated heterocycles. The summed E-state index contributed by atoms with van der Waals surface area (Å²) < 4.78 is 5.60. The molecule has 0 bridgehead atoms. The number of aliphatic carboxylic acids is 1. The lowest BCUT2D eigenvalue weighted by Crippen LogP contribution is -2.37. The summed E-state index contributed by atoms with van der Waals surface area (Å²) >= 11 is 0. The average molecular weight is 255 g/mol. The Labute approximate surface area is 107 Å². The fraction of sp³-hybridized carbons (Fsp3) is 0.846. The van der Waals surface area contributed by atoms with E-state index in [4.69, 9.17) is 9.84 Å². The number of ether oxygens (including phenoxy) is 1. The second-order valence-corrected chi connectivity index (χ2v) is 5.27. The molecule has 1 aliphatic carbocycles. The molecular weight excluding hydrogens is 234 g/mol. The number of carboxylic acid groups (broad SMARTS) is 1. The van der Waals surface area contributed by atoms with E-state index in [1.807, 2.05) is 0 Å². The van der Waals surface area contributed by atoms with E-state index in [-0.39, 0.29) is 5.91 Å². The Bertz CT molecular complexity index is 319. The van der Waals surface area contributed by atoms with Crippen molar-refractivity contribution in [3.63, 3.8) is 0 Å². The molecule has 1 unspecified atom stereocenters.